The molecule has 2 aliphatic rings. The Morgan fingerprint density at radius 1 is 1.39 bits per heavy atom. The maximum Gasteiger partial charge on any atom is 0.227 e. The Kier molecular flexibility index (Phi) is 4.66. The highest BCUT2D eigenvalue weighted by Gasteiger charge is 2.36. The van der Waals surface area contributed by atoms with Crippen molar-refractivity contribution in [2.24, 2.45) is 11.3 Å². The third kappa shape index (κ3) is 3.25. The maximum atomic E-state index is 12.4. The van der Waals surface area contributed by atoms with Crippen LogP contribution in [0.1, 0.15) is 58.8 Å². The first-order valence-corrected chi connectivity index (χ1v) is 7.66. The van der Waals surface area contributed by atoms with Gasteiger partial charge < -0.3 is 10.6 Å². The molecule has 1 saturated heterocycles. The molecule has 104 valence electrons. The molecule has 0 bridgehead atoms. The standard InChI is InChI=1S/C15H28N2O/c1-3-12-6-4-7-13(10-12)17-14(18)15(2)8-5-9-16-11-15/h12-13,16H,3-11H2,1-2H3,(H,17,18). The van der Waals surface area contributed by atoms with E-state index in [0.29, 0.717) is 6.04 Å². The Morgan fingerprint density at radius 3 is 2.89 bits per heavy atom. The summed E-state index contributed by atoms with van der Waals surface area (Å²) in [6.45, 7) is 6.27. The lowest BCUT2D eigenvalue weighted by Gasteiger charge is -2.36. The largest absolute Gasteiger partial charge is 0.353 e. The summed E-state index contributed by atoms with van der Waals surface area (Å²) < 4.78 is 0. The third-order valence-electron chi connectivity index (χ3n) is 4.84. The Balaban J connectivity index is 1.86. The van der Waals surface area contributed by atoms with Crippen molar-refractivity contribution in [1.29, 1.82) is 0 Å². The molecule has 1 saturated carbocycles. The fraction of sp³-hybridized carbons (Fsp3) is 0.933. The molecule has 3 unspecified atom stereocenters. The molecule has 3 heteroatoms. The smallest absolute Gasteiger partial charge is 0.227 e. The first kappa shape index (κ1) is 13.9. The molecule has 1 amide bonds. The highest BCUT2D eigenvalue weighted by molar-refractivity contribution is 5.82. The van der Waals surface area contributed by atoms with Gasteiger partial charge in [-0.15, -0.1) is 0 Å². The summed E-state index contributed by atoms with van der Waals surface area (Å²) in [6.07, 6.45) is 8.38. The van der Waals surface area contributed by atoms with Crippen molar-refractivity contribution in [3.8, 4) is 0 Å². The van der Waals surface area contributed by atoms with E-state index in [1.54, 1.807) is 0 Å². The van der Waals surface area contributed by atoms with Crippen molar-refractivity contribution >= 4 is 5.91 Å². The number of rotatable bonds is 3. The Bertz CT molecular complexity index is 284. The fourth-order valence-corrected chi connectivity index (χ4v) is 3.40. The summed E-state index contributed by atoms with van der Waals surface area (Å²) in [7, 11) is 0. The fourth-order valence-electron chi connectivity index (χ4n) is 3.40. The molecule has 0 radical (unpaired) electrons. The average Bonchev–Trinajstić information content (AvgIpc) is 2.40. The highest BCUT2D eigenvalue weighted by atomic mass is 16.2. The molecule has 2 rings (SSSR count). The quantitative estimate of drug-likeness (QED) is 0.810. The Morgan fingerprint density at radius 2 is 2.22 bits per heavy atom. The van der Waals surface area contributed by atoms with Crippen LogP contribution in [0.5, 0.6) is 0 Å². The van der Waals surface area contributed by atoms with Crippen molar-refractivity contribution in [2.75, 3.05) is 13.1 Å². The summed E-state index contributed by atoms with van der Waals surface area (Å²) in [6, 6.07) is 0.426. The van der Waals surface area contributed by atoms with Crippen molar-refractivity contribution in [3.05, 3.63) is 0 Å². The van der Waals surface area contributed by atoms with Crippen LogP contribution in [0.25, 0.3) is 0 Å². The summed E-state index contributed by atoms with van der Waals surface area (Å²) >= 11 is 0. The van der Waals surface area contributed by atoms with Gasteiger partial charge in [0.05, 0.1) is 5.41 Å². The van der Waals surface area contributed by atoms with Crippen LogP contribution in [-0.4, -0.2) is 25.0 Å². The van der Waals surface area contributed by atoms with Crippen LogP contribution in [0, 0.1) is 11.3 Å². The first-order chi connectivity index (χ1) is 8.64. The van der Waals surface area contributed by atoms with E-state index in [2.05, 4.69) is 24.5 Å². The zero-order valence-corrected chi connectivity index (χ0v) is 11.9. The van der Waals surface area contributed by atoms with Gasteiger partial charge in [0, 0.05) is 12.6 Å². The number of piperidine rings is 1. The minimum absolute atomic E-state index is 0.183. The second kappa shape index (κ2) is 6.05. The molecule has 0 spiro atoms. The van der Waals surface area contributed by atoms with E-state index in [1.165, 1.54) is 32.1 Å². The van der Waals surface area contributed by atoms with E-state index in [-0.39, 0.29) is 11.3 Å². The zero-order chi connectivity index (χ0) is 13.0. The molecular weight excluding hydrogens is 224 g/mol. The van der Waals surface area contributed by atoms with Crippen LogP contribution in [-0.2, 0) is 4.79 Å². The van der Waals surface area contributed by atoms with E-state index < -0.39 is 0 Å². The lowest BCUT2D eigenvalue weighted by atomic mass is 9.80. The van der Waals surface area contributed by atoms with Crippen LogP contribution in [0.4, 0.5) is 0 Å². The van der Waals surface area contributed by atoms with Crippen molar-refractivity contribution in [3.63, 3.8) is 0 Å². The molecular formula is C15H28N2O. The minimum atomic E-state index is -0.183. The molecule has 0 aromatic rings. The van der Waals surface area contributed by atoms with E-state index in [0.717, 1.165) is 31.8 Å². The maximum absolute atomic E-state index is 12.4. The topological polar surface area (TPSA) is 41.1 Å². The Hall–Kier alpha value is -0.570. The van der Waals surface area contributed by atoms with Crippen LogP contribution in [0.2, 0.25) is 0 Å². The minimum Gasteiger partial charge on any atom is -0.353 e. The molecule has 3 atom stereocenters. The lowest BCUT2D eigenvalue weighted by molar-refractivity contribution is -0.132. The number of amides is 1. The number of carbonyl (C=O) groups excluding carboxylic acids is 1. The van der Waals surface area contributed by atoms with E-state index >= 15 is 0 Å². The second-order valence-electron chi connectivity index (χ2n) is 6.45. The van der Waals surface area contributed by atoms with E-state index in [9.17, 15) is 4.79 Å². The lowest BCUT2D eigenvalue weighted by Crippen LogP contribution is -2.51. The van der Waals surface area contributed by atoms with Gasteiger partial charge in [0.15, 0.2) is 0 Å². The highest BCUT2D eigenvalue weighted by Crippen LogP contribution is 2.29. The van der Waals surface area contributed by atoms with Gasteiger partial charge in [0.2, 0.25) is 5.91 Å². The second-order valence-corrected chi connectivity index (χ2v) is 6.45. The van der Waals surface area contributed by atoms with Crippen LogP contribution < -0.4 is 10.6 Å². The monoisotopic (exact) mass is 252 g/mol. The molecule has 1 aliphatic heterocycles. The molecule has 0 aromatic heterocycles. The van der Waals surface area contributed by atoms with Gasteiger partial charge in [-0.05, 0) is 45.1 Å². The van der Waals surface area contributed by atoms with Crippen molar-refractivity contribution in [2.45, 2.75) is 64.8 Å². The molecule has 18 heavy (non-hydrogen) atoms. The zero-order valence-electron chi connectivity index (χ0n) is 11.9. The van der Waals surface area contributed by atoms with Gasteiger partial charge in [-0.3, -0.25) is 4.79 Å². The van der Waals surface area contributed by atoms with Crippen LogP contribution in [0.3, 0.4) is 0 Å². The Labute approximate surface area is 111 Å². The summed E-state index contributed by atoms with van der Waals surface area (Å²) in [5.74, 6) is 1.10. The molecule has 1 heterocycles. The first-order valence-electron chi connectivity index (χ1n) is 7.66. The number of nitrogens with one attached hydrogen (secondary N) is 2. The summed E-state index contributed by atoms with van der Waals surface area (Å²) in [5.41, 5.74) is -0.183. The predicted octanol–water partition coefficient (Wildman–Crippen LogP) is 2.46. The normalized spacial score (nSPS) is 37.2. The van der Waals surface area contributed by atoms with Gasteiger partial charge >= 0.3 is 0 Å². The van der Waals surface area contributed by atoms with Crippen molar-refractivity contribution in [1.82, 2.24) is 10.6 Å². The van der Waals surface area contributed by atoms with E-state index in [1.807, 2.05) is 0 Å². The molecule has 2 fully saturated rings. The molecule has 3 nitrogen and oxygen atoms in total. The van der Waals surface area contributed by atoms with Gasteiger partial charge in [0.25, 0.3) is 0 Å². The van der Waals surface area contributed by atoms with Crippen LogP contribution >= 0.6 is 0 Å². The predicted molar refractivity (Wildman–Crippen MR) is 74.4 cm³/mol. The van der Waals surface area contributed by atoms with Crippen LogP contribution in [0.15, 0.2) is 0 Å². The SMILES string of the molecule is CCC1CCCC(NC(=O)C2(C)CCCNC2)C1. The van der Waals surface area contributed by atoms with Gasteiger partial charge in [-0.25, -0.2) is 0 Å². The number of carbonyl (C=O) groups is 1. The average molecular weight is 252 g/mol. The van der Waals surface area contributed by atoms with Gasteiger partial charge in [0.1, 0.15) is 0 Å². The number of hydrogen-bond acceptors (Lipinski definition) is 2. The number of hydrogen-bond donors (Lipinski definition) is 2. The van der Waals surface area contributed by atoms with Gasteiger partial charge in [-0.1, -0.05) is 26.2 Å². The molecule has 2 N–H and O–H groups in total. The molecule has 1 aliphatic carbocycles. The van der Waals surface area contributed by atoms with Crippen molar-refractivity contribution < 1.29 is 4.79 Å². The van der Waals surface area contributed by atoms with Gasteiger partial charge in [-0.2, -0.15) is 0 Å². The summed E-state index contributed by atoms with van der Waals surface area (Å²) in [4.78, 5) is 12.4. The summed E-state index contributed by atoms with van der Waals surface area (Å²) in [5, 5.41) is 6.67. The third-order valence-corrected chi connectivity index (χ3v) is 4.84. The molecule has 0 aromatic carbocycles. The van der Waals surface area contributed by atoms with E-state index in [4.69, 9.17) is 0 Å².